The van der Waals surface area contributed by atoms with Gasteiger partial charge in [-0.25, -0.2) is 0 Å². The Kier molecular flexibility index (Phi) is 6.56. The van der Waals surface area contributed by atoms with Gasteiger partial charge in [-0.05, 0) is 49.9 Å². The van der Waals surface area contributed by atoms with Crippen LogP contribution < -0.4 is 4.74 Å². The maximum atomic E-state index is 6.24. The molecule has 0 N–H and O–H groups in total. The summed E-state index contributed by atoms with van der Waals surface area (Å²) in [5.41, 5.74) is -0.0109. The lowest BCUT2D eigenvalue weighted by Crippen LogP contribution is -2.34. The molecular weight excluding hydrogens is 244 g/mol. The standard InChI is InChI=1S/C16H25ClO/c1-4-7-8-13-16(5-2,6-3)18-15-11-9-14(17)10-12-15/h9-12H,4-8,13H2,1-3H3. The monoisotopic (exact) mass is 268 g/mol. The quantitative estimate of drug-likeness (QED) is 0.537. The van der Waals surface area contributed by atoms with E-state index < -0.39 is 0 Å². The molecule has 0 radical (unpaired) electrons. The Labute approximate surface area is 116 Å². The lowest BCUT2D eigenvalue weighted by molar-refractivity contribution is 0.0484. The van der Waals surface area contributed by atoms with Gasteiger partial charge in [-0.1, -0.05) is 45.2 Å². The van der Waals surface area contributed by atoms with Crippen molar-refractivity contribution in [2.45, 2.75) is 64.9 Å². The molecule has 0 aliphatic rings. The highest BCUT2D eigenvalue weighted by Crippen LogP contribution is 2.30. The third kappa shape index (κ3) is 4.53. The van der Waals surface area contributed by atoms with Crippen LogP contribution in [0.25, 0.3) is 0 Å². The Morgan fingerprint density at radius 1 is 1.00 bits per heavy atom. The molecule has 2 heteroatoms. The highest BCUT2D eigenvalue weighted by atomic mass is 35.5. The third-order valence-electron chi connectivity index (χ3n) is 3.67. The number of ether oxygens (including phenoxy) is 1. The van der Waals surface area contributed by atoms with Gasteiger partial charge in [-0.15, -0.1) is 0 Å². The molecule has 0 aromatic heterocycles. The van der Waals surface area contributed by atoms with Crippen LogP contribution in [0.15, 0.2) is 24.3 Å². The van der Waals surface area contributed by atoms with Crippen LogP contribution in [0.1, 0.15) is 59.3 Å². The van der Waals surface area contributed by atoms with Crippen LogP contribution >= 0.6 is 11.6 Å². The maximum absolute atomic E-state index is 6.24. The first-order valence-corrected chi connectivity index (χ1v) is 7.48. The summed E-state index contributed by atoms with van der Waals surface area (Å²) >= 11 is 5.90. The number of rotatable bonds is 8. The summed E-state index contributed by atoms with van der Waals surface area (Å²) in [4.78, 5) is 0. The van der Waals surface area contributed by atoms with Gasteiger partial charge in [0.2, 0.25) is 0 Å². The SMILES string of the molecule is CCCCCC(CC)(CC)Oc1ccc(Cl)cc1. The molecule has 18 heavy (non-hydrogen) atoms. The molecule has 0 amide bonds. The van der Waals surface area contributed by atoms with Crippen LogP contribution in [0, 0.1) is 0 Å². The molecule has 1 rings (SSSR count). The van der Waals surface area contributed by atoms with Gasteiger partial charge in [-0.3, -0.25) is 0 Å². The second kappa shape index (κ2) is 7.68. The number of hydrogen-bond acceptors (Lipinski definition) is 1. The Morgan fingerprint density at radius 3 is 2.11 bits per heavy atom. The van der Waals surface area contributed by atoms with Crippen LogP contribution in [0.5, 0.6) is 5.75 Å². The van der Waals surface area contributed by atoms with E-state index in [0.717, 1.165) is 30.0 Å². The molecule has 0 saturated carbocycles. The summed E-state index contributed by atoms with van der Waals surface area (Å²) in [5, 5.41) is 0.756. The Bertz CT molecular complexity index is 327. The number of unbranched alkanes of at least 4 members (excludes halogenated alkanes) is 2. The number of halogens is 1. The Balaban J connectivity index is 2.68. The van der Waals surface area contributed by atoms with Crippen molar-refractivity contribution < 1.29 is 4.74 Å². The minimum atomic E-state index is -0.0109. The van der Waals surface area contributed by atoms with Gasteiger partial charge in [0.1, 0.15) is 11.4 Å². The van der Waals surface area contributed by atoms with Crippen molar-refractivity contribution in [2.75, 3.05) is 0 Å². The smallest absolute Gasteiger partial charge is 0.120 e. The van der Waals surface area contributed by atoms with E-state index in [1.807, 2.05) is 24.3 Å². The zero-order valence-corrected chi connectivity index (χ0v) is 12.6. The average Bonchev–Trinajstić information content (AvgIpc) is 2.40. The highest BCUT2D eigenvalue weighted by molar-refractivity contribution is 6.30. The van der Waals surface area contributed by atoms with E-state index in [1.165, 1.54) is 19.3 Å². The molecule has 0 unspecified atom stereocenters. The number of hydrogen-bond donors (Lipinski definition) is 0. The van der Waals surface area contributed by atoms with E-state index in [-0.39, 0.29) is 5.60 Å². The first-order valence-electron chi connectivity index (χ1n) is 7.10. The highest BCUT2D eigenvalue weighted by Gasteiger charge is 2.27. The lowest BCUT2D eigenvalue weighted by atomic mass is 9.90. The predicted octanol–water partition coefficient (Wildman–Crippen LogP) is 5.86. The first-order chi connectivity index (χ1) is 8.65. The third-order valence-corrected chi connectivity index (χ3v) is 3.92. The normalized spacial score (nSPS) is 11.6. The van der Waals surface area contributed by atoms with Gasteiger partial charge in [0.15, 0.2) is 0 Å². The molecule has 0 heterocycles. The van der Waals surface area contributed by atoms with Gasteiger partial charge in [0.05, 0.1) is 0 Å². The Morgan fingerprint density at radius 2 is 1.61 bits per heavy atom. The molecule has 1 nitrogen and oxygen atoms in total. The predicted molar refractivity (Wildman–Crippen MR) is 79.5 cm³/mol. The first kappa shape index (κ1) is 15.4. The molecule has 0 bridgehead atoms. The van der Waals surface area contributed by atoms with Crippen LogP contribution in [-0.4, -0.2) is 5.60 Å². The van der Waals surface area contributed by atoms with Gasteiger partial charge < -0.3 is 4.74 Å². The molecule has 0 atom stereocenters. The molecule has 0 fully saturated rings. The zero-order valence-electron chi connectivity index (χ0n) is 11.8. The molecular formula is C16H25ClO. The van der Waals surface area contributed by atoms with Crippen molar-refractivity contribution >= 4 is 11.6 Å². The van der Waals surface area contributed by atoms with Gasteiger partial charge in [0.25, 0.3) is 0 Å². The van der Waals surface area contributed by atoms with E-state index in [0.29, 0.717) is 0 Å². The van der Waals surface area contributed by atoms with Crippen molar-refractivity contribution in [3.63, 3.8) is 0 Å². The van der Waals surface area contributed by atoms with Crippen LogP contribution in [-0.2, 0) is 0 Å². The van der Waals surface area contributed by atoms with Gasteiger partial charge in [-0.2, -0.15) is 0 Å². The van der Waals surface area contributed by atoms with Gasteiger partial charge >= 0.3 is 0 Å². The maximum Gasteiger partial charge on any atom is 0.120 e. The van der Waals surface area contributed by atoms with Crippen LogP contribution in [0.2, 0.25) is 5.02 Å². The molecule has 102 valence electrons. The van der Waals surface area contributed by atoms with Crippen LogP contribution in [0.4, 0.5) is 0 Å². The second-order valence-electron chi connectivity index (χ2n) is 4.90. The molecule has 0 aliphatic heterocycles. The van der Waals surface area contributed by atoms with Crippen molar-refractivity contribution in [2.24, 2.45) is 0 Å². The largest absolute Gasteiger partial charge is 0.487 e. The molecule has 1 aromatic carbocycles. The fraction of sp³-hybridized carbons (Fsp3) is 0.625. The van der Waals surface area contributed by atoms with E-state index >= 15 is 0 Å². The lowest BCUT2D eigenvalue weighted by Gasteiger charge is -2.33. The Hall–Kier alpha value is -0.690. The van der Waals surface area contributed by atoms with E-state index in [2.05, 4.69) is 20.8 Å². The summed E-state index contributed by atoms with van der Waals surface area (Å²) in [6, 6.07) is 7.70. The second-order valence-corrected chi connectivity index (χ2v) is 5.34. The molecule has 0 spiro atoms. The minimum Gasteiger partial charge on any atom is -0.487 e. The fourth-order valence-corrected chi connectivity index (χ4v) is 2.37. The van der Waals surface area contributed by atoms with Gasteiger partial charge in [0, 0.05) is 5.02 Å². The van der Waals surface area contributed by atoms with E-state index in [4.69, 9.17) is 16.3 Å². The van der Waals surface area contributed by atoms with Crippen molar-refractivity contribution in [3.8, 4) is 5.75 Å². The summed E-state index contributed by atoms with van der Waals surface area (Å²) in [5.74, 6) is 0.930. The van der Waals surface area contributed by atoms with Crippen molar-refractivity contribution in [3.05, 3.63) is 29.3 Å². The van der Waals surface area contributed by atoms with E-state index in [1.54, 1.807) is 0 Å². The zero-order chi connectivity index (χ0) is 13.4. The topological polar surface area (TPSA) is 9.23 Å². The summed E-state index contributed by atoms with van der Waals surface area (Å²) < 4.78 is 6.24. The van der Waals surface area contributed by atoms with Crippen molar-refractivity contribution in [1.82, 2.24) is 0 Å². The van der Waals surface area contributed by atoms with Crippen LogP contribution in [0.3, 0.4) is 0 Å². The van der Waals surface area contributed by atoms with Crippen molar-refractivity contribution in [1.29, 1.82) is 0 Å². The fourth-order valence-electron chi connectivity index (χ4n) is 2.25. The van der Waals surface area contributed by atoms with E-state index in [9.17, 15) is 0 Å². The average molecular weight is 269 g/mol. The summed E-state index contributed by atoms with van der Waals surface area (Å²) in [6.07, 6.45) is 7.02. The number of benzene rings is 1. The summed E-state index contributed by atoms with van der Waals surface area (Å²) in [6.45, 7) is 6.66. The molecule has 0 aliphatic carbocycles. The molecule has 0 saturated heterocycles. The molecule has 1 aromatic rings. The summed E-state index contributed by atoms with van der Waals surface area (Å²) in [7, 11) is 0. The minimum absolute atomic E-state index is 0.0109.